The Kier molecular flexibility index (Phi) is 8.99. The van der Waals surface area contributed by atoms with Crippen LogP contribution in [0.1, 0.15) is 38.8 Å². The molecule has 2 amide bonds. The van der Waals surface area contributed by atoms with Crippen LogP contribution in [0.5, 0.6) is 0 Å². The molecule has 9 nitrogen and oxygen atoms in total. The predicted octanol–water partition coefficient (Wildman–Crippen LogP) is 4.31. The normalized spacial score (nSPS) is 14.1. The van der Waals surface area contributed by atoms with Gasteiger partial charge in [0, 0.05) is 6.54 Å². The maximum Gasteiger partial charge on any atom is 0.410 e. The number of benzene rings is 3. The van der Waals surface area contributed by atoms with Crippen LogP contribution in [0.2, 0.25) is 0 Å². The van der Waals surface area contributed by atoms with Gasteiger partial charge in [0.2, 0.25) is 0 Å². The fourth-order valence-electron chi connectivity index (χ4n) is 3.78. The van der Waals surface area contributed by atoms with Crippen molar-refractivity contribution in [3.05, 3.63) is 83.9 Å². The molecule has 0 bridgehead atoms. The zero-order valence-corrected chi connectivity index (χ0v) is 23.0. The van der Waals surface area contributed by atoms with Crippen molar-refractivity contribution in [2.75, 3.05) is 5.32 Å². The van der Waals surface area contributed by atoms with Gasteiger partial charge in [0.05, 0.1) is 6.54 Å². The Morgan fingerprint density at radius 2 is 1.65 bits per heavy atom. The van der Waals surface area contributed by atoms with Gasteiger partial charge in [-0.2, -0.15) is 0 Å². The third-order valence-corrected chi connectivity index (χ3v) is 7.74. The zero-order valence-electron chi connectivity index (χ0n) is 21.2. The van der Waals surface area contributed by atoms with E-state index in [2.05, 4.69) is 39.5 Å². The molecule has 1 aliphatic heterocycles. The van der Waals surface area contributed by atoms with E-state index in [1.165, 1.54) is 47.4 Å². The van der Waals surface area contributed by atoms with Crippen molar-refractivity contribution >= 4 is 36.2 Å². The van der Waals surface area contributed by atoms with Gasteiger partial charge in [-0.3, -0.25) is 4.90 Å². The Hall–Kier alpha value is -3.36. The third kappa shape index (κ3) is 7.81. The van der Waals surface area contributed by atoms with Crippen LogP contribution in [0.25, 0.3) is 11.1 Å². The van der Waals surface area contributed by atoms with Gasteiger partial charge in [0.1, 0.15) is 5.60 Å². The minimum atomic E-state index is -4.83. The molecule has 37 heavy (non-hydrogen) atoms. The topological polar surface area (TPSA) is 125 Å². The van der Waals surface area contributed by atoms with E-state index in [4.69, 9.17) is 9.99 Å². The first-order valence-electron chi connectivity index (χ1n) is 11.6. The molecule has 0 saturated heterocycles. The molecular formula is C27H31AsN2O7. The zero-order chi connectivity index (χ0) is 27.2. The Labute approximate surface area is 219 Å². The van der Waals surface area contributed by atoms with Gasteiger partial charge in [0.25, 0.3) is 0 Å². The van der Waals surface area contributed by atoms with Crippen molar-refractivity contribution in [3.63, 3.8) is 0 Å². The molecule has 1 aliphatic rings. The Balaban J connectivity index is 0.000000222. The molecule has 1 unspecified atom stereocenters. The van der Waals surface area contributed by atoms with E-state index in [0.717, 1.165) is 0 Å². The number of fused-ring (bicyclic) bond motifs is 1. The summed E-state index contributed by atoms with van der Waals surface area (Å²) in [6.45, 7) is 8.22. The Morgan fingerprint density at radius 3 is 2.27 bits per heavy atom. The molecule has 0 fully saturated rings. The second kappa shape index (κ2) is 11.8. The van der Waals surface area contributed by atoms with Crippen LogP contribution in [0.4, 0.5) is 10.5 Å². The maximum absolute atomic E-state index is 12.3. The van der Waals surface area contributed by atoms with Gasteiger partial charge in [-0.15, -0.1) is 0 Å². The van der Waals surface area contributed by atoms with Crippen molar-refractivity contribution in [1.82, 2.24) is 4.90 Å². The van der Waals surface area contributed by atoms with Crippen molar-refractivity contribution in [3.8, 4) is 11.1 Å². The van der Waals surface area contributed by atoms with Gasteiger partial charge in [0.15, 0.2) is 0 Å². The van der Waals surface area contributed by atoms with Crippen molar-refractivity contribution in [2.45, 2.75) is 46.4 Å². The predicted molar refractivity (Wildman–Crippen MR) is 140 cm³/mol. The molecular weight excluding hydrogens is 539 g/mol. The number of carbonyl (C=O) groups excluding carboxylic acids is 2. The maximum atomic E-state index is 12.3. The average molecular weight is 570 g/mol. The van der Waals surface area contributed by atoms with E-state index in [0.29, 0.717) is 18.8 Å². The van der Waals surface area contributed by atoms with Gasteiger partial charge in [-0.05, 0) is 43.0 Å². The molecule has 3 aromatic carbocycles. The van der Waals surface area contributed by atoms with Gasteiger partial charge >= 0.3 is 94.5 Å². The van der Waals surface area contributed by atoms with E-state index in [1.54, 1.807) is 11.0 Å². The molecule has 1 heterocycles. The van der Waals surface area contributed by atoms with Crippen LogP contribution < -0.4 is 9.67 Å². The first kappa shape index (κ1) is 28.2. The summed E-state index contributed by atoms with van der Waals surface area (Å²) < 4.78 is 29.4. The van der Waals surface area contributed by atoms with Crippen molar-refractivity contribution < 1.29 is 31.3 Å². The van der Waals surface area contributed by atoms with Crippen LogP contribution in [-0.2, 0) is 30.2 Å². The molecule has 4 rings (SSSR count). The van der Waals surface area contributed by atoms with Crippen LogP contribution in [0, 0.1) is 0 Å². The molecule has 0 spiro atoms. The van der Waals surface area contributed by atoms with Crippen LogP contribution in [0.3, 0.4) is 0 Å². The summed E-state index contributed by atoms with van der Waals surface area (Å²) >= 11 is -4.83. The van der Waals surface area contributed by atoms with Gasteiger partial charge in [-0.25, -0.2) is 4.79 Å². The number of nitrogens with one attached hydrogen (secondary N) is 1. The number of carbonyl (C=O) groups is 2. The summed E-state index contributed by atoms with van der Waals surface area (Å²) in [5, 5.41) is 10.7. The molecule has 0 saturated carbocycles. The number of anilines is 1. The van der Waals surface area contributed by atoms with Gasteiger partial charge < -0.3 is 4.74 Å². The number of nitrogens with zero attached hydrogens (tertiary/aromatic N) is 1. The summed E-state index contributed by atoms with van der Waals surface area (Å²) in [6, 6.07) is 22.2. The van der Waals surface area contributed by atoms with Gasteiger partial charge in [-0.1, -0.05) is 48.5 Å². The smallest absolute Gasteiger partial charge is 0.410 e. The largest absolute Gasteiger partial charge is 0.444 e. The third-order valence-electron chi connectivity index (χ3n) is 5.32. The minimum absolute atomic E-state index is 0.0399. The molecule has 0 aromatic heterocycles. The summed E-state index contributed by atoms with van der Waals surface area (Å²) in [6.07, 6.45) is -0.247. The number of amides is 2. The molecule has 3 aromatic rings. The van der Waals surface area contributed by atoms with Crippen LogP contribution >= 0.6 is 0 Å². The summed E-state index contributed by atoms with van der Waals surface area (Å²) in [5.41, 5.74) is 4.71. The first-order valence-corrected chi connectivity index (χ1v) is 14.9. The van der Waals surface area contributed by atoms with E-state index < -0.39 is 19.8 Å². The SMILES string of the molecule is CC(=O)Nc1cccc([As](=O)(O)OO)c1.CC(C)(C)OC(=O)N1Cc2cccc(-c3ccccc3)c2C1. The molecule has 3 N–H and O–H groups in total. The Morgan fingerprint density at radius 1 is 0.973 bits per heavy atom. The van der Waals surface area contributed by atoms with E-state index in [1.807, 2.05) is 39.0 Å². The fourth-order valence-corrected chi connectivity index (χ4v) is 5.18. The van der Waals surface area contributed by atoms with E-state index >= 15 is 0 Å². The van der Waals surface area contributed by atoms with Crippen LogP contribution in [-0.4, -0.2) is 46.0 Å². The number of hydrogen-bond donors (Lipinski definition) is 3. The first-order chi connectivity index (χ1) is 17.4. The monoisotopic (exact) mass is 570 g/mol. The molecule has 1 atom stereocenters. The Bertz CT molecular complexity index is 1310. The quantitative estimate of drug-likeness (QED) is 0.243. The van der Waals surface area contributed by atoms with Crippen molar-refractivity contribution in [1.29, 1.82) is 0 Å². The van der Waals surface area contributed by atoms with Crippen LogP contribution in [0.15, 0.2) is 72.8 Å². The summed E-state index contributed by atoms with van der Waals surface area (Å²) in [4.78, 5) is 24.8. The molecule has 196 valence electrons. The average Bonchev–Trinajstić information content (AvgIpc) is 3.29. The molecule has 0 aliphatic carbocycles. The van der Waals surface area contributed by atoms with E-state index in [9.17, 15) is 17.4 Å². The molecule has 10 heteroatoms. The van der Waals surface area contributed by atoms with E-state index in [-0.39, 0.29) is 16.4 Å². The summed E-state index contributed by atoms with van der Waals surface area (Å²) in [7, 11) is 0. The number of hydrogen-bond acceptors (Lipinski definition) is 6. The molecule has 0 radical (unpaired) electrons. The number of rotatable bonds is 4. The number of ether oxygens (including phenoxy) is 1. The fraction of sp³-hybridized carbons (Fsp3) is 0.259. The second-order valence-electron chi connectivity index (χ2n) is 9.48. The summed E-state index contributed by atoms with van der Waals surface area (Å²) in [5.74, 6) is -0.294. The standard InChI is InChI=1S/C19H21NO2.C8H10AsNO5/c1-19(2,3)22-18(21)20-12-15-10-7-11-16(17(15)13-20)14-8-5-4-6-9-14;1-6(11)10-8-4-2-3-7(5-8)9(12,13)15-14/h4-11H,12-13H2,1-3H3;2-5,14H,1H3,(H,10,11)(H,12,13). The second-order valence-corrected chi connectivity index (χ2v) is 13.1. The van der Waals surface area contributed by atoms with Crippen molar-refractivity contribution in [2.24, 2.45) is 0 Å². The minimum Gasteiger partial charge on any atom is -0.444 e.